The zero-order valence-electron chi connectivity index (χ0n) is 11.8. The van der Waals surface area contributed by atoms with Crippen molar-refractivity contribution in [1.29, 1.82) is 0 Å². The number of carbonyl (C=O) groups is 1. The Morgan fingerprint density at radius 3 is 2.45 bits per heavy atom. The maximum absolute atomic E-state index is 12.2. The number of hydrogen-bond donors (Lipinski definition) is 2. The van der Waals surface area contributed by atoms with Crippen LogP contribution in [0.2, 0.25) is 5.02 Å². The van der Waals surface area contributed by atoms with Crippen molar-refractivity contribution in [2.24, 2.45) is 5.92 Å². The summed E-state index contributed by atoms with van der Waals surface area (Å²) in [5, 5.41) is 19.3. The van der Waals surface area contributed by atoms with Gasteiger partial charge in [-0.25, -0.2) is 8.42 Å². The first-order valence-corrected chi connectivity index (χ1v) is 8.09. The van der Waals surface area contributed by atoms with Crippen molar-refractivity contribution in [2.75, 3.05) is 0 Å². The summed E-state index contributed by atoms with van der Waals surface area (Å²) in [5.74, 6) is -1.36. The molecule has 0 spiro atoms. The number of aliphatic carboxylic acids is 1. The summed E-state index contributed by atoms with van der Waals surface area (Å²) in [6.07, 6.45) is 0.0964. The number of benzene rings is 1. The van der Waals surface area contributed by atoms with E-state index in [1.807, 2.05) is 4.72 Å². The van der Waals surface area contributed by atoms with Crippen molar-refractivity contribution in [1.82, 2.24) is 4.72 Å². The molecule has 1 aromatic rings. The lowest BCUT2D eigenvalue weighted by molar-refractivity contribution is -0.384. The summed E-state index contributed by atoms with van der Waals surface area (Å²) in [4.78, 5) is 20.6. The first-order valence-electron chi connectivity index (χ1n) is 6.23. The van der Waals surface area contributed by atoms with Gasteiger partial charge in [-0.2, -0.15) is 4.72 Å². The Balaban J connectivity index is 3.13. The number of carboxylic acids is 1. The molecule has 0 bridgehead atoms. The van der Waals surface area contributed by atoms with E-state index in [4.69, 9.17) is 16.7 Å². The largest absolute Gasteiger partial charge is 0.480 e. The van der Waals surface area contributed by atoms with Gasteiger partial charge in [0.15, 0.2) is 0 Å². The third-order valence-corrected chi connectivity index (χ3v) is 4.67. The van der Waals surface area contributed by atoms with Crippen LogP contribution in [0, 0.1) is 16.0 Å². The smallest absolute Gasteiger partial charge is 0.321 e. The molecule has 0 aliphatic rings. The van der Waals surface area contributed by atoms with E-state index in [1.165, 1.54) is 0 Å². The molecule has 0 saturated carbocycles. The second-order valence-electron chi connectivity index (χ2n) is 5.01. The van der Waals surface area contributed by atoms with Gasteiger partial charge in [-0.05, 0) is 18.4 Å². The molecule has 0 amide bonds. The van der Waals surface area contributed by atoms with Crippen LogP contribution in [0.25, 0.3) is 0 Å². The summed E-state index contributed by atoms with van der Waals surface area (Å²) in [5.41, 5.74) is -0.360. The molecule has 1 unspecified atom stereocenters. The minimum Gasteiger partial charge on any atom is -0.480 e. The van der Waals surface area contributed by atoms with E-state index in [0.29, 0.717) is 0 Å². The quantitative estimate of drug-likeness (QED) is 0.572. The Kier molecular flexibility index (Phi) is 5.86. The highest BCUT2D eigenvalue weighted by Gasteiger charge is 2.28. The van der Waals surface area contributed by atoms with E-state index < -0.39 is 31.9 Å². The van der Waals surface area contributed by atoms with Crippen molar-refractivity contribution in [2.45, 2.75) is 31.2 Å². The molecular weight excluding hydrogens is 336 g/mol. The topological polar surface area (TPSA) is 127 Å². The minimum atomic E-state index is -4.21. The molecule has 1 atom stereocenters. The van der Waals surface area contributed by atoms with Gasteiger partial charge in [-0.15, -0.1) is 0 Å². The fourth-order valence-electron chi connectivity index (χ4n) is 1.74. The highest BCUT2D eigenvalue weighted by Crippen LogP contribution is 2.26. The molecule has 1 rings (SSSR count). The Morgan fingerprint density at radius 2 is 2.05 bits per heavy atom. The van der Waals surface area contributed by atoms with Crippen molar-refractivity contribution >= 4 is 33.3 Å². The summed E-state index contributed by atoms with van der Waals surface area (Å²) in [7, 11) is -4.21. The average Bonchev–Trinajstić information content (AvgIpc) is 2.36. The zero-order valence-corrected chi connectivity index (χ0v) is 13.4. The lowest BCUT2D eigenvalue weighted by atomic mass is 10.1. The predicted octanol–water partition coefficient (Wildman–Crippen LogP) is 2.03. The monoisotopic (exact) mass is 350 g/mol. The maximum atomic E-state index is 12.2. The first kappa shape index (κ1) is 18.3. The molecule has 8 nitrogen and oxygen atoms in total. The number of nitro groups is 1. The summed E-state index contributed by atoms with van der Waals surface area (Å²) >= 11 is 5.76. The maximum Gasteiger partial charge on any atom is 0.321 e. The van der Waals surface area contributed by atoms with Gasteiger partial charge in [0, 0.05) is 12.1 Å². The number of hydrogen-bond acceptors (Lipinski definition) is 5. The van der Waals surface area contributed by atoms with Crippen LogP contribution in [0.15, 0.2) is 23.1 Å². The Morgan fingerprint density at radius 1 is 1.45 bits per heavy atom. The van der Waals surface area contributed by atoms with E-state index in [9.17, 15) is 23.3 Å². The van der Waals surface area contributed by atoms with Gasteiger partial charge in [0.05, 0.1) is 9.95 Å². The number of nitro benzene ring substituents is 1. The molecule has 0 radical (unpaired) electrons. The van der Waals surface area contributed by atoms with Crippen molar-refractivity contribution < 1.29 is 23.2 Å². The van der Waals surface area contributed by atoms with Crippen molar-refractivity contribution in [3.63, 3.8) is 0 Å². The lowest BCUT2D eigenvalue weighted by Gasteiger charge is -2.17. The van der Waals surface area contributed by atoms with Crippen LogP contribution in [0.3, 0.4) is 0 Å². The van der Waals surface area contributed by atoms with Gasteiger partial charge in [0.2, 0.25) is 10.0 Å². The number of sulfonamides is 1. The fourth-order valence-corrected chi connectivity index (χ4v) is 3.48. The number of halogens is 1. The van der Waals surface area contributed by atoms with E-state index >= 15 is 0 Å². The molecule has 122 valence electrons. The highest BCUT2D eigenvalue weighted by atomic mass is 35.5. The van der Waals surface area contributed by atoms with Gasteiger partial charge in [-0.1, -0.05) is 25.4 Å². The van der Waals surface area contributed by atoms with Gasteiger partial charge in [0.25, 0.3) is 5.69 Å². The minimum absolute atomic E-state index is 0.0452. The average molecular weight is 351 g/mol. The molecule has 0 aromatic heterocycles. The SMILES string of the molecule is CC(C)CC(NS(=O)(=O)c1ccc([N+](=O)[O-])cc1Cl)C(=O)O. The first-order chi connectivity index (χ1) is 10.0. The Hall–Kier alpha value is -1.71. The molecule has 0 saturated heterocycles. The standard InChI is InChI=1S/C12H15ClN2O6S/c1-7(2)5-10(12(16)17)14-22(20,21)11-4-3-8(15(18)19)6-9(11)13/h3-4,6-7,10,14H,5H2,1-2H3,(H,16,17). The molecule has 0 fully saturated rings. The number of rotatable bonds is 7. The molecule has 0 aliphatic carbocycles. The molecule has 22 heavy (non-hydrogen) atoms. The number of non-ortho nitro benzene ring substituents is 1. The van der Waals surface area contributed by atoms with Crippen LogP contribution in [-0.2, 0) is 14.8 Å². The van der Waals surface area contributed by atoms with Gasteiger partial charge < -0.3 is 5.11 Å². The second-order valence-corrected chi connectivity index (χ2v) is 7.10. The van der Waals surface area contributed by atoms with Crippen LogP contribution < -0.4 is 4.72 Å². The van der Waals surface area contributed by atoms with Gasteiger partial charge in [0.1, 0.15) is 10.9 Å². The second kappa shape index (κ2) is 7.03. The lowest BCUT2D eigenvalue weighted by Crippen LogP contribution is -2.41. The predicted molar refractivity (Wildman–Crippen MR) is 79.3 cm³/mol. The number of carboxylic acid groups (broad SMARTS) is 1. The van der Waals surface area contributed by atoms with Crippen LogP contribution in [-0.4, -0.2) is 30.5 Å². The van der Waals surface area contributed by atoms with E-state index in [0.717, 1.165) is 18.2 Å². The number of nitrogens with one attached hydrogen (secondary N) is 1. The van der Waals surface area contributed by atoms with Crippen molar-refractivity contribution in [3.05, 3.63) is 33.3 Å². The van der Waals surface area contributed by atoms with E-state index in [-0.39, 0.29) is 23.0 Å². The third kappa shape index (κ3) is 4.65. The van der Waals surface area contributed by atoms with Crippen LogP contribution >= 0.6 is 11.6 Å². The Labute approximate surface area is 132 Å². The highest BCUT2D eigenvalue weighted by molar-refractivity contribution is 7.89. The third-order valence-electron chi connectivity index (χ3n) is 2.72. The van der Waals surface area contributed by atoms with Crippen LogP contribution in [0.1, 0.15) is 20.3 Å². The Bertz CT molecular complexity index is 689. The molecule has 0 aliphatic heterocycles. The van der Waals surface area contributed by atoms with Crippen molar-refractivity contribution in [3.8, 4) is 0 Å². The van der Waals surface area contributed by atoms with Crippen LogP contribution in [0.5, 0.6) is 0 Å². The fraction of sp³-hybridized carbons (Fsp3) is 0.417. The summed E-state index contributed by atoms with van der Waals surface area (Å²) in [6, 6.07) is 1.54. The van der Waals surface area contributed by atoms with Crippen LogP contribution in [0.4, 0.5) is 5.69 Å². The molecular formula is C12H15ClN2O6S. The molecule has 10 heteroatoms. The molecule has 2 N–H and O–H groups in total. The molecule has 1 aromatic carbocycles. The normalized spacial score (nSPS) is 13.1. The summed E-state index contributed by atoms with van der Waals surface area (Å²) in [6.45, 7) is 3.51. The van der Waals surface area contributed by atoms with E-state index in [1.54, 1.807) is 13.8 Å². The number of nitrogens with zero attached hydrogens (tertiary/aromatic N) is 1. The molecule has 0 heterocycles. The van der Waals surface area contributed by atoms with E-state index in [2.05, 4.69) is 0 Å². The van der Waals surface area contributed by atoms with Gasteiger partial charge in [-0.3, -0.25) is 14.9 Å². The summed E-state index contributed by atoms with van der Waals surface area (Å²) < 4.78 is 26.5. The van der Waals surface area contributed by atoms with Gasteiger partial charge >= 0.3 is 5.97 Å². The zero-order chi connectivity index (χ0) is 17.1.